The molecule has 1 atom stereocenters. The largest absolute Gasteiger partial charge is 0.353 e. The van der Waals surface area contributed by atoms with Crippen molar-refractivity contribution in [1.82, 2.24) is 15.3 Å². The number of hydrogen-bond acceptors (Lipinski definition) is 5. The van der Waals surface area contributed by atoms with Gasteiger partial charge >= 0.3 is 0 Å². The molecule has 0 aromatic carbocycles. The van der Waals surface area contributed by atoms with Gasteiger partial charge in [-0.05, 0) is 31.0 Å². The van der Waals surface area contributed by atoms with Crippen LogP contribution in [-0.2, 0) is 4.79 Å². The van der Waals surface area contributed by atoms with E-state index in [1.807, 2.05) is 18.7 Å². The predicted molar refractivity (Wildman–Crippen MR) is 81.6 cm³/mol. The Hall–Kier alpha value is -1.40. The summed E-state index contributed by atoms with van der Waals surface area (Å²) in [5.74, 6) is 0.819. The van der Waals surface area contributed by atoms with E-state index in [4.69, 9.17) is 11.6 Å². The predicted octanol–water partition coefficient (Wildman–Crippen LogP) is 2.37. The van der Waals surface area contributed by atoms with Crippen LogP contribution in [0.4, 0.5) is 5.82 Å². The molecule has 0 radical (unpaired) electrons. The van der Waals surface area contributed by atoms with Crippen molar-refractivity contribution in [3.8, 4) is 0 Å². The zero-order valence-corrected chi connectivity index (χ0v) is 12.9. The van der Waals surface area contributed by atoms with Crippen molar-refractivity contribution in [3.63, 3.8) is 0 Å². The van der Waals surface area contributed by atoms with E-state index in [0.29, 0.717) is 6.54 Å². The van der Waals surface area contributed by atoms with E-state index >= 15 is 0 Å². The van der Waals surface area contributed by atoms with Gasteiger partial charge in [0.25, 0.3) is 0 Å². The van der Waals surface area contributed by atoms with Crippen molar-refractivity contribution in [2.75, 3.05) is 18.0 Å². The Kier molecular flexibility index (Phi) is 3.52. The summed E-state index contributed by atoms with van der Waals surface area (Å²) in [4.78, 5) is 24.7. The Labute approximate surface area is 126 Å². The quantitative estimate of drug-likeness (QED) is 0.865. The molecule has 0 aliphatic carbocycles. The van der Waals surface area contributed by atoms with Gasteiger partial charge in [-0.3, -0.25) is 4.79 Å². The van der Waals surface area contributed by atoms with Crippen molar-refractivity contribution < 1.29 is 4.79 Å². The van der Waals surface area contributed by atoms with Gasteiger partial charge in [-0.15, -0.1) is 11.3 Å². The molecule has 0 bridgehead atoms. The van der Waals surface area contributed by atoms with Gasteiger partial charge < -0.3 is 10.2 Å². The van der Waals surface area contributed by atoms with Crippen LogP contribution in [0.3, 0.4) is 0 Å². The highest BCUT2D eigenvalue weighted by molar-refractivity contribution is 7.18. The Morgan fingerprint density at radius 3 is 3.10 bits per heavy atom. The molecule has 0 spiro atoms. The Morgan fingerprint density at radius 2 is 2.35 bits per heavy atom. The number of fused-ring (bicyclic) bond motifs is 1. The van der Waals surface area contributed by atoms with Gasteiger partial charge in [0, 0.05) is 18.0 Å². The molecule has 2 aromatic heterocycles. The van der Waals surface area contributed by atoms with Gasteiger partial charge in [-0.1, -0.05) is 6.92 Å². The minimum absolute atomic E-state index is 0.0496. The molecule has 7 heteroatoms. The SMILES string of the molecule is CCC1C(=O)NCCN1c1nc(Cl)nc2sc(C)cc12. The molecule has 3 rings (SSSR count). The van der Waals surface area contributed by atoms with Crippen LogP contribution in [-0.4, -0.2) is 35.0 Å². The maximum atomic E-state index is 12.0. The van der Waals surface area contributed by atoms with Crippen LogP contribution in [0.15, 0.2) is 6.07 Å². The highest BCUT2D eigenvalue weighted by Crippen LogP contribution is 2.33. The molecule has 1 saturated heterocycles. The number of halogens is 1. The van der Waals surface area contributed by atoms with Crippen LogP contribution in [0.2, 0.25) is 5.28 Å². The minimum atomic E-state index is -0.196. The number of hydrogen-bond donors (Lipinski definition) is 1. The Morgan fingerprint density at radius 1 is 1.55 bits per heavy atom. The molecule has 1 amide bonds. The normalized spacial score (nSPS) is 19.4. The molecule has 106 valence electrons. The van der Waals surface area contributed by atoms with Gasteiger partial charge in [0.1, 0.15) is 16.7 Å². The second kappa shape index (κ2) is 5.18. The van der Waals surface area contributed by atoms with E-state index in [9.17, 15) is 4.79 Å². The van der Waals surface area contributed by atoms with E-state index in [0.717, 1.165) is 33.9 Å². The smallest absolute Gasteiger partial charge is 0.242 e. The molecule has 1 N–H and O–H groups in total. The van der Waals surface area contributed by atoms with Crippen molar-refractivity contribution in [1.29, 1.82) is 0 Å². The Bertz CT molecular complexity index is 672. The highest BCUT2D eigenvalue weighted by atomic mass is 35.5. The van der Waals surface area contributed by atoms with Crippen LogP contribution in [0.5, 0.6) is 0 Å². The average molecular weight is 311 g/mol. The fourth-order valence-corrected chi connectivity index (χ4v) is 3.68. The number of nitrogens with one attached hydrogen (secondary N) is 1. The molecule has 2 aromatic rings. The maximum absolute atomic E-state index is 12.0. The molecule has 0 saturated carbocycles. The van der Waals surface area contributed by atoms with Crippen LogP contribution in [0.1, 0.15) is 18.2 Å². The zero-order valence-electron chi connectivity index (χ0n) is 11.3. The lowest BCUT2D eigenvalue weighted by Gasteiger charge is -2.35. The van der Waals surface area contributed by atoms with Gasteiger partial charge in [0.05, 0.1) is 5.39 Å². The number of rotatable bonds is 2. The van der Waals surface area contributed by atoms with Crippen LogP contribution < -0.4 is 10.2 Å². The first-order chi connectivity index (χ1) is 9.60. The number of thiophene rings is 1. The summed E-state index contributed by atoms with van der Waals surface area (Å²) >= 11 is 7.63. The highest BCUT2D eigenvalue weighted by Gasteiger charge is 2.30. The topological polar surface area (TPSA) is 58.1 Å². The first-order valence-corrected chi connectivity index (χ1v) is 7.77. The number of aromatic nitrogens is 2. The molecule has 3 heterocycles. The summed E-state index contributed by atoms with van der Waals surface area (Å²) in [6.07, 6.45) is 0.734. The number of aryl methyl sites for hydroxylation is 1. The zero-order chi connectivity index (χ0) is 14.3. The maximum Gasteiger partial charge on any atom is 0.242 e. The van der Waals surface area contributed by atoms with Gasteiger partial charge in [-0.2, -0.15) is 4.98 Å². The molecule has 1 unspecified atom stereocenters. The number of carbonyl (C=O) groups is 1. The van der Waals surface area contributed by atoms with E-state index in [1.165, 1.54) is 0 Å². The van der Waals surface area contributed by atoms with Gasteiger partial charge in [-0.25, -0.2) is 4.98 Å². The minimum Gasteiger partial charge on any atom is -0.353 e. The van der Waals surface area contributed by atoms with Gasteiger partial charge in [0.2, 0.25) is 11.2 Å². The molecular weight excluding hydrogens is 296 g/mol. The van der Waals surface area contributed by atoms with Crippen molar-refractivity contribution in [2.24, 2.45) is 0 Å². The molecule has 1 aliphatic heterocycles. The molecular formula is C13H15ClN4OS. The van der Waals surface area contributed by atoms with E-state index < -0.39 is 0 Å². The van der Waals surface area contributed by atoms with Crippen molar-refractivity contribution in [3.05, 3.63) is 16.2 Å². The number of carbonyl (C=O) groups excluding carboxylic acids is 1. The molecule has 1 fully saturated rings. The lowest BCUT2D eigenvalue weighted by Crippen LogP contribution is -2.55. The van der Waals surface area contributed by atoms with E-state index in [2.05, 4.69) is 21.4 Å². The number of anilines is 1. The fourth-order valence-electron chi connectivity index (χ4n) is 2.59. The third-order valence-electron chi connectivity index (χ3n) is 3.46. The number of piperazine rings is 1. The first-order valence-electron chi connectivity index (χ1n) is 6.58. The summed E-state index contributed by atoms with van der Waals surface area (Å²) in [5, 5.41) is 4.10. The summed E-state index contributed by atoms with van der Waals surface area (Å²) < 4.78 is 0. The van der Waals surface area contributed by atoms with E-state index in [-0.39, 0.29) is 17.2 Å². The average Bonchev–Trinajstić information content (AvgIpc) is 2.77. The summed E-state index contributed by atoms with van der Waals surface area (Å²) in [7, 11) is 0. The van der Waals surface area contributed by atoms with Gasteiger partial charge in [0.15, 0.2) is 0 Å². The standard InChI is InChI=1S/C13H15ClN4OS/c1-3-9-11(19)15-4-5-18(9)10-8-6-7(2)20-12(8)17-13(14)16-10/h6,9H,3-5H2,1-2H3,(H,15,19). The van der Waals surface area contributed by atoms with Crippen LogP contribution in [0, 0.1) is 6.92 Å². The van der Waals surface area contributed by atoms with E-state index in [1.54, 1.807) is 11.3 Å². The molecule has 20 heavy (non-hydrogen) atoms. The first kappa shape index (κ1) is 13.6. The van der Waals surface area contributed by atoms with Crippen LogP contribution in [0.25, 0.3) is 10.2 Å². The summed E-state index contributed by atoms with van der Waals surface area (Å²) in [6, 6.07) is 1.86. The third-order valence-corrected chi connectivity index (χ3v) is 4.57. The Balaban J connectivity index is 2.14. The second-order valence-corrected chi connectivity index (χ2v) is 6.37. The monoisotopic (exact) mass is 310 g/mol. The van der Waals surface area contributed by atoms with Crippen molar-refractivity contribution >= 4 is 44.9 Å². The summed E-state index contributed by atoms with van der Waals surface area (Å²) in [5.41, 5.74) is 0. The van der Waals surface area contributed by atoms with Crippen LogP contribution >= 0.6 is 22.9 Å². The third kappa shape index (κ3) is 2.23. The van der Waals surface area contributed by atoms with Crippen molar-refractivity contribution in [2.45, 2.75) is 26.3 Å². The fraction of sp³-hybridized carbons (Fsp3) is 0.462. The molecule has 5 nitrogen and oxygen atoms in total. The summed E-state index contributed by atoms with van der Waals surface area (Å²) in [6.45, 7) is 5.40. The lowest BCUT2D eigenvalue weighted by molar-refractivity contribution is -0.123. The number of nitrogens with zero attached hydrogens (tertiary/aromatic N) is 3. The molecule has 1 aliphatic rings. The number of amides is 1. The lowest BCUT2D eigenvalue weighted by atomic mass is 10.1. The second-order valence-electron chi connectivity index (χ2n) is 4.80.